The highest BCUT2D eigenvalue weighted by Crippen LogP contribution is 2.32. The predicted octanol–water partition coefficient (Wildman–Crippen LogP) is 1.64. The average Bonchev–Trinajstić information content (AvgIpc) is 3.14. The zero-order chi connectivity index (χ0) is 12.5. The van der Waals surface area contributed by atoms with E-state index in [-0.39, 0.29) is 11.9 Å². The molecule has 94 valence electrons. The number of carbonyl (C=O) groups is 1. The van der Waals surface area contributed by atoms with Gasteiger partial charge in [-0.3, -0.25) is 4.79 Å². The molecule has 0 aliphatic heterocycles. The van der Waals surface area contributed by atoms with Crippen LogP contribution in [0.4, 0.5) is 0 Å². The molecule has 1 aromatic heterocycles. The highest BCUT2D eigenvalue weighted by molar-refractivity contribution is 6.06. The van der Waals surface area contributed by atoms with Gasteiger partial charge in [-0.2, -0.15) is 0 Å². The summed E-state index contributed by atoms with van der Waals surface area (Å²) in [5, 5.41) is 4.00. The molecule has 1 aliphatic carbocycles. The summed E-state index contributed by atoms with van der Waals surface area (Å²) < 4.78 is 0. The van der Waals surface area contributed by atoms with Gasteiger partial charge in [0, 0.05) is 29.7 Å². The summed E-state index contributed by atoms with van der Waals surface area (Å²) in [6.45, 7) is 0.513. The van der Waals surface area contributed by atoms with Crippen molar-refractivity contribution in [2.75, 3.05) is 6.54 Å². The summed E-state index contributed by atoms with van der Waals surface area (Å²) >= 11 is 0. The van der Waals surface area contributed by atoms with Gasteiger partial charge in [0.1, 0.15) is 0 Å². The Morgan fingerprint density at radius 3 is 2.94 bits per heavy atom. The third-order valence-electron chi connectivity index (χ3n) is 3.60. The number of nitrogens with one attached hydrogen (secondary N) is 2. The third kappa shape index (κ3) is 1.99. The molecule has 1 amide bonds. The van der Waals surface area contributed by atoms with Crippen molar-refractivity contribution in [3.63, 3.8) is 0 Å². The van der Waals surface area contributed by atoms with Crippen molar-refractivity contribution in [3.8, 4) is 0 Å². The number of nitrogens with two attached hydrogens (primary N) is 1. The second kappa shape index (κ2) is 4.46. The Morgan fingerprint density at radius 1 is 1.44 bits per heavy atom. The highest BCUT2D eigenvalue weighted by atomic mass is 16.1. The van der Waals surface area contributed by atoms with Crippen LogP contribution in [0.5, 0.6) is 0 Å². The molecule has 2 aromatic rings. The second-order valence-electron chi connectivity index (χ2n) is 4.90. The molecule has 1 saturated carbocycles. The molecule has 1 fully saturated rings. The summed E-state index contributed by atoms with van der Waals surface area (Å²) in [7, 11) is 0. The van der Waals surface area contributed by atoms with Crippen molar-refractivity contribution >= 4 is 16.8 Å². The van der Waals surface area contributed by atoms with Crippen LogP contribution in [-0.4, -0.2) is 23.5 Å². The van der Waals surface area contributed by atoms with Gasteiger partial charge in [0.05, 0.1) is 5.56 Å². The summed E-state index contributed by atoms with van der Waals surface area (Å²) in [5.41, 5.74) is 7.39. The molecule has 1 aromatic carbocycles. The molecule has 1 aliphatic rings. The van der Waals surface area contributed by atoms with Crippen LogP contribution in [0, 0.1) is 5.92 Å². The molecular weight excluding hydrogens is 226 g/mol. The van der Waals surface area contributed by atoms with Crippen molar-refractivity contribution in [1.82, 2.24) is 10.3 Å². The van der Waals surface area contributed by atoms with Gasteiger partial charge in [-0.05, 0) is 24.8 Å². The van der Waals surface area contributed by atoms with Gasteiger partial charge in [0.2, 0.25) is 0 Å². The topological polar surface area (TPSA) is 70.9 Å². The van der Waals surface area contributed by atoms with E-state index >= 15 is 0 Å². The number of carbonyl (C=O) groups excluding carboxylic acids is 1. The van der Waals surface area contributed by atoms with Crippen LogP contribution in [-0.2, 0) is 0 Å². The van der Waals surface area contributed by atoms with Crippen LogP contribution in [0.15, 0.2) is 30.5 Å². The predicted molar refractivity (Wildman–Crippen MR) is 71.3 cm³/mol. The van der Waals surface area contributed by atoms with Gasteiger partial charge in [-0.1, -0.05) is 18.2 Å². The summed E-state index contributed by atoms with van der Waals surface area (Å²) in [4.78, 5) is 15.3. The molecule has 4 heteroatoms. The zero-order valence-corrected chi connectivity index (χ0v) is 10.1. The van der Waals surface area contributed by atoms with Crippen molar-refractivity contribution in [1.29, 1.82) is 0 Å². The normalized spacial score (nSPS) is 16.7. The van der Waals surface area contributed by atoms with Gasteiger partial charge in [-0.25, -0.2) is 0 Å². The lowest BCUT2D eigenvalue weighted by molar-refractivity contribution is 0.0935. The average molecular weight is 243 g/mol. The van der Waals surface area contributed by atoms with Crippen LogP contribution in [0.3, 0.4) is 0 Å². The van der Waals surface area contributed by atoms with E-state index in [1.165, 1.54) is 12.8 Å². The number of benzene rings is 1. The second-order valence-corrected chi connectivity index (χ2v) is 4.90. The number of hydrogen-bond donors (Lipinski definition) is 3. The van der Waals surface area contributed by atoms with E-state index in [2.05, 4.69) is 10.3 Å². The minimum absolute atomic E-state index is 0.0326. The molecule has 1 heterocycles. The SMILES string of the molecule is NCC(NC(=O)c1c[nH]c2ccccc12)C1CC1. The first-order valence-electron chi connectivity index (χ1n) is 6.36. The lowest BCUT2D eigenvalue weighted by Crippen LogP contribution is -2.41. The minimum Gasteiger partial charge on any atom is -0.360 e. The van der Waals surface area contributed by atoms with E-state index in [1.54, 1.807) is 6.20 Å². The van der Waals surface area contributed by atoms with Gasteiger partial charge < -0.3 is 16.0 Å². The Kier molecular flexibility index (Phi) is 2.80. The van der Waals surface area contributed by atoms with Crippen molar-refractivity contribution in [2.24, 2.45) is 11.7 Å². The lowest BCUT2D eigenvalue weighted by atomic mass is 10.1. The smallest absolute Gasteiger partial charge is 0.253 e. The van der Waals surface area contributed by atoms with Crippen LogP contribution in [0.1, 0.15) is 23.2 Å². The third-order valence-corrected chi connectivity index (χ3v) is 3.60. The standard InChI is InChI=1S/C14H17N3O/c15-7-13(9-5-6-9)17-14(18)11-8-16-12-4-2-1-3-10(11)12/h1-4,8-9,13,16H,5-7,15H2,(H,17,18). The first-order chi connectivity index (χ1) is 8.79. The van der Waals surface area contributed by atoms with Crippen molar-refractivity contribution < 1.29 is 4.79 Å². The lowest BCUT2D eigenvalue weighted by Gasteiger charge is -2.15. The fourth-order valence-electron chi connectivity index (χ4n) is 2.37. The Hall–Kier alpha value is -1.81. The minimum atomic E-state index is -0.0326. The number of fused-ring (bicyclic) bond motifs is 1. The van der Waals surface area contributed by atoms with E-state index in [9.17, 15) is 4.79 Å². The van der Waals surface area contributed by atoms with Gasteiger partial charge in [-0.15, -0.1) is 0 Å². The molecule has 0 bridgehead atoms. The first-order valence-corrected chi connectivity index (χ1v) is 6.36. The van der Waals surface area contributed by atoms with Crippen molar-refractivity contribution in [3.05, 3.63) is 36.0 Å². The molecule has 18 heavy (non-hydrogen) atoms. The highest BCUT2D eigenvalue weighted by Gasteiger charge is 2.31. The number of rotatable bonds is 4. The molecule has 0 saturated heterocycles. The molecule has 0 radical (unpaired) electrons. The van der Waals surface area contributed by atoms with E-state index in [1.807, 2.05) is 24.3 Å². The largest absolute Gasteiger partial charge is 0.360 e. The number of hydrogen-bond acceptors (Lipinski definition) is 2. The van der Waals surface area contributed by atoms with Gasteiger partial charge in [0.15, 0.2) is 0 Å². The number of para-hydroxylation sites is 1. The summed E-state index contributed by atoms with van der Waals surface area (Å²) in [5.74, 6) is 0.541. The maximum Gasteiger partial charge on any atom is 0.253 e. The number of aromatic nitrogens is 1. The Bertz CT molecular complexity index is 571. The van der Waals surface area contributed by atoms with E-state index < -0.39 is 0 Å². The molecule has 1 atom stereocenters. The molecule has 1 unspecified atom stereocenters. The van der Waals surface area contributed by atoms with Crippen molar-refractivity contribution in [2.45, 2.75) is 18.9 Å². The Morgan fingerprint density at radius 2 is 2.22 bits per heavy atom. The Labute approximate surface area is 106 Å². The van der Waals surface area contributed by atoms with E-state index in [0.29, 0.717) is 18.0 Å². The fraction of sp³-hybridized carbons (Fsp3) is 0.357. The number of amides is 1. The van der Waals surface area contributed by atoms with E-state index in [0.717, 1.165) is 10.9 Å². The molecule has 4 nitrogen and oxygen atoms in total. The number of H-pyrrole nitrogens is 1. The molecule has 4 N–H and O–H groups in total. The quantitative estimate of drug-likeness (QED) is 0.764. The summed E-state index contributed by atoms with van der Waals surface area (Å²) in [6, 6.07) is 7.93. The summed E-state index contributed by atoms with van der Waals surface area (Å²) in [6.07, 6.45) is 4.12. The monoisotopic (exact) mass is 243 g/mol. The van der Waals surface area contributed by atoms with E-state index in [4.69, 9.17) is 5.73 Å². The maximum atomic E-state index is 12.2. The molecule has 0 spiro atoms. The Balaban J connectivity index is 1.83. The van der Waals surface area contributed by atoms with Crippen LogP contribution in [0.25, 0.3) is 10.9 Å². The van der Waals surface area contributed by atoms with Crippen LogP contribution in [0.2, 0.25) is 0 Å². The first kappa shape index (κ1) is 11.3. The number of aromatic amines is 1. The van der Waals surface area contributed by atoms with Gasteiger partial charge >= 0.3 is 0 Å². The van der Waals surface area contributed by atoms with Crippen LogP contribution < -0.4 is 11.1 Å². The molecular formula is C14H17N3O. The zero-order valence-electron chi connectivity index (χ0n) is 10.1. The van der Waals surface area contributed by atoms with Gasteiger partial charge in [0.25, 0.3) is 5.91 Å². The van der Waals surface area contributed by atoms with Crippen LogP contribution >= 0.6 is 0 Å². The molecule has 3 rings (SSSR count). The fourth-order valence-corrected chi connectivity index (χ4v) is 2.37. The maximum absolute atomic E-state index is 12.2.